The van der Waals surface area contributed by atoms with Crippen molar-refractivity contribution in [2.75, 3.05) is 19.6 Å². The van der Waals surface area contributed by atoms with Gasteiger partial charge in [0, 0.05) is 32.0 Å². The Bertz CT molecular complexity index is 364. The van der Waals surface area contributed by atoms with Gasteiger partial charge in [0.25, 0.3) is 0 Å². The van der Waals surface area contributed by atoms with Crippen molar-refractivity contribution in [1.82, 2.24) is 10.2 Å². The van der Waals surface area contributed by atoms with Crippen molar-refractivity contribution in [2.24, 2.45) is 11.8 Å². The molecular weight excluding hydrogens is 260 g/mol. The molecule has 0 aromatic carbocycles. The zero-order chi connectivity index (χ0) is 15.1. The molecule has 1 aliphatic rings. The Hall–Kier alpha value is -1.59. The smallest absolute Gasteiger partial charge is 0.307 e. The zero-order valence-corrected chi connectivity index (χ0v) is 12.2. The highest BCUT2D eigenvalue weighted by molar-refractivity contribution is 5.84. The first-order chi connectivity index (χ1) is 9.43. The quantitative estimate of drug-likeness (QED) is 0.757. The van der Waals surface area contributed by atoms with E-state index in [4.69, 9.17) is 5.11 Å². The Labute approximate surface area is 119 Å². The third kappa shape index (κ3) is 4.83. The third-order valence-electron chi connectivity index (χ3n) is 3.90. The Morgan fingerprint density at radius 2 is 1.70 bits per heavy atom. The molecule has 114 valence electrons. The molecule has 0 aromatic rings. The van der Waals surface area contributed by atoms with Gasteiger partial charge in [-0.1, -0.05) is 13.8 Å². The maximum Gasteiger partial charge on any atom is 0.307 e. The minimum absolute atomic E-state index is 0.0592. The molecule has 1 saturated heterocycles. The summed E-state index contributed by atoms with van der Waals surface area (Å²) in [6, 6.07) is 0. The number of carboxylic acids is 1. The van der Waals surface area contributed by atoms with Crippen molar-refractivity contribution in [1.29, 1.82) is 0 Å². The van der Waals surface area contributed by atoms with Crippen LogP contribution in [0.5, 0.6) is 0 Å². The summed E-state index contributed by atoms with van der Waals surface area (Å²) < 4.78 is 0. The molecule has 0 aromatic heterocycles. The molecule has 0 spiro atoms. The number of amides is 2. The molecule has 0 bridgehead atoms. The van der Waals surface area contributed by atoms with Gasteiger partial charge in [-0.2, -0.15) is 0 Å². The highest BCUT2D eigenvalue weighted by Crippen LogP contribution is 2.11. The van der Waals surface area contributed by atoms with Crippen molar-refractivity contribution in [3.8, 4) is 0 Å². The number of nitrogens with zero attached hydrogens (tertiary/aromatic N) is 1. The van der Waals surface area contributed by atoms with Crippen LogP contribution in [0.2, 0.25) is 0 Å². The molecule has 20 heavy (non-hydrogen) atoms. The molecule has 1 heterocycles. The van der Waals surface area contributed by atoms with Crippen LogP contribution in [0.15, 0.2) is 0 Å². The lowest BCUT2D eigenvalue weighted by molar-refractivity contribution is -0.146. The molecule has 2 amide bonds. The number of piperidine rings is 1. The topological polar surface area (TPSA) is 86.7 Å². The second kappa shape index (κ2) is 7.87. The van der Waals surface area contributed by atoms with E-state index in [9.17, 15) is 14.4 Å². The number of carbonyl (C=O) groups is 3. The maximum atomic E-state index is 11.9. The van der Waals surface area contributed by atoms with Crippen LogP contribution in [0.25, 0.3) is 0 Å². The summed E-state index contributed by atoms with van der Waals surface area (Å²) in [5, 5.41) is 11.5. The van der Waals surface area contributed by atoms with E-state index < -0.39 is 17.8 Å². The van der Waals surface area contributed by atoms with Crippen molar-refractivity contribution in [3.63, 3.8) is 0 Å². The monoisotopic (exact) mass is 284 g/mol. The van der Waals surface area contributed by atoms with Crippen LogP contribution in [0, 0.1) is 11.8 Å². The first-order valence-corrected chi connectivity index (χ1v) is 7.21. The van der Waals surface area contributed by atoms with E-state index in [1.165, 1.54) is 13.3 Å². The van der Waals surface area contributed by atoms with E-state index in [0.717, 1.165) is 25.9 Å². The van der Waals surface area contributed by atoms with Gasteiger partial charge in [-0.25, -0.2) is 0 Å². The number of carbonyl (C=O) groups excluding carboxylic acids is 2. The first kappa shape index (κ1) is 16.5. The van der Waals surface area contributed by atoms with Crippen LogP contribution < -0.4 is 5.32 Å². The number of carboxylic acid groups (broad SMARTS) is 1. The number of nitrogens with one attached hydrogen (secondary N) is 1. The summed E-state index contributed by atoms with van der Waals surface area (Å²) in [4.78, 5) is 36.2. The number of hydrogen-bond acceptors (Lipinski definition) is 3. The normalized spacial score (nSPS) is 18.2. The van der Waals surface area contributed by atoms with Gasteiger partial charge < -0.3 is 15.3 Å². The summed E-state index contributed by atoms with van der Waals surface area (Å²) >= 11 is 0. The van der Waals surface area contributed by atoms with Gasteiger partial charge in [-0.15, -0.1) is 0 Å². The second-order valence-electron chi connectivity index (χ2n) is 5.40. The van der Waals surface area contributed by atoms with E-state index >= 15 is 0 Å². The van der Waals surface area contributed by atoms with Crippen molar-refractivity contribution < 1.29 is 19.5 Å². The van der Waals surface area contributed by atoms with E-state index in [2.05, 4.69) is 5.32 Å². The summed E-state index contributed by atoms with van der Waals surface area (Å²) in [6.07, 6.45) is 3.54. The van der Waals surface area contributed by atoms with Crippen LogP contribution in [0.3, 0.4) is 0 Å². The minimum atomic E-state index is -0.989. The lowest BCUT2D eigenvalue weighted by atomic mass is 9.95. The molecule has 1 aliphatic heterocycles. The fourth-order valence-electron chi connectivity index (χ4n) is 2.20. The summed E-state index contributed by atoms with van der Waals surface area (Å²) in [7, 11) is 0. The van der Waals surface area contributed by atoms with Crippen LogP contribution in [0.4, 0.5) is 0 Å². The molecule has 2 atom stereocenters. The Balaban J connectivity index is 2.27. The largest absolute Gasteiger partial charge is 0.481 e. The molecular formula is C14H24N2O4. The highest BCUT2D eigenvalue weighted by Gasteiger charge is 2.25. The minimum Gasteiger partial charge on any atom is -0.481 e. The Morgan fingerprint density at radius 1 is 1.10 bits per heavy atom. The average Bonchev–Trinajstić information content (AvgIpc) is 2.46. The number of likely N-dealkylation sites (tertiary alicyclic amines) is 1. The van der Waals surface area contributed by atoms with Gasteiger partial charge in [-0.05, 0) is 19.3 Å². The van der Waals surface area contributed by atoms with E-state index in [0.29, 0.717) is 0 Å². The van der Waals surface area contributed by atoms with Gasteiger partial charge in [-0.3, -0.25) is 14.4 Å². The summed E-state index contributed by atoms with van der Waals surface area (Å²) in [5.74, 6) is -2.57. The standard InChI is InChI=1S/C14H24N2O4/c1-10(11(2)14(19)20)13(18)15-7-6-12(17)16-8-4-3-5-9-16/h10-11H,3-9H2,1-2H3,(H,15,18)(H,19,20). The molecule has 0 saturated carbocycles. The SMILES string of the molecule is CC(C(=O)O)C(C)C(=O)NCCC(=O)N1CCCCC1. The van der Waals surface area contributed by atoms with E-state index in [-0.39, 0.29) is 24.8 Å². The molecule has 2 unspecified atom stereocenters. The summed E-state index contributed by atoms with van der Waals surface area (Å²) in [5.41, 5.74) is 0. The van der Waals surface area contributed by atoms with Gasteiger partial charge >= 0.3 is 5.97 Å². The second-order valence-corrected chi connectivity index (χ2v) is 5.40. The third-order valence-corrected chi connectivity index (χ3v) is 3.90. The highest BCUT2D eigenvalue weighted by atomic mass is 16.4. The fourth-order valence-corrected chi connectivity index (χ4v) is 2.20. The predicted molar refractivity (Wildman–Crippen MR) is 74.0 cm³/mol. The van der Waals surface area contributed by atoms with Crippen molar-refractivity contribution in [2.45, 2.75) is 39.5 Å². The van der Waals surface area contributed by atoms with E-state index in [1.807, 2.05) is 4.90 Å². The Morgan fingerprint density at radius 3 is 2.25 bits per heavy atom. The van der Waals surface area contributed by atoms with Crippen molar-refractivity contribution in [3.05, 3.63) is 0 Å². The Kier molecular flexibility index (Phi) is 6.48. The van der Waals surface area contributed by atoms with Crippen LogP contribution in [-0.2, 0) is 14.4 Å². The number of aliphatic carboxylic acids is 1. The van der Waals surface area contributed by atoms with Crippen LogP contribution in [0.1, 0.15) is 39.5 Å². The molecule has 6 heteroatoms. The van der Waals surface area contributed by atoms with E-state index in [1.54, 1.807) is 6.92 Å². The molecule has 0 aliphatic carbocycles. The first-order valence-electron chi connectivity index (χ1n) is 7.21. The zero-order valence-electron chi connectivity index (χ0n) is 12.2. The van der Waals surface area contributed by atoms with Gasteiger partial charge in [0.1, 0.15) is 0 Å². The molecule has 1 rings (SSSR count). The fraction of sp³-hybridized carbons (Fsp3) is 0.786. The van der Waals surface area contributed by atoms with Gasteiger partial charge in [0.15, 0.2) is 0 Å². The maximum absolute atomic E-state index is 11.9. The van der Waals surface area contributed by atoms with Crippen molar-refractivity contribution >= 4 is 17.8 Å². The number of hydrogen-bond donors (Lipinski definition) is 2. The molecule has 2 N–H and O–H groups in total. The molecule has 6 nitrogen and oxygen atoms in total. The average molecular weight is 284 g/mol. The molecule has 0 radical (unpaired) electrons. The van der Waals surface area contributed by atoms with Crippen LogP contribution in [-0.4, -0.2) is 47.4 Å². The lowest BCUT2D eigenvalue weighted by Gasteiger charge is -2.26. The van der Waals surface area contributed by atoms with Gasteiger partial charge in [0.2, 0.25) is 11.8 Å². The molecule has 1 fully saturated rings. The summed E-state index contributed by atoms with van der Waals surface area (Å²) in [6.45, 7) is 4.97. The lowest BCUT2D eigenvalue weighted by Crippen LogP contribution is -2.39. The van der Waals surface area contributed by atoms with Gasteiger partial charge in [0.05, 0.1) is 5.92 Å². The number of rotatable bonds is 6. The van der Waals surface area contributed by atoms with Crippen LogP contribution >= 0.6 is 0 Å². The predicted octanol–water partition coefficient (Wildman–Crippen LogP) is 0.862.